The number of carbonyl (C=O) groups excluding carboxylic acids is 1. The van der Waals surface area contributed by atoms with Crippen molar-refractivity contribution in [2.75, 3.05) is 6.54 Å². The van der Waals surface area contributed by atoms with E-state index in [9.17, 15) is 9.59 Å². The fraction of sp³-hybridized carbons (Fsp3) is 0.846. The number of amides is 1. The van der Waals surface area contributed by atoms with Crippen molar-refractivity contribution in [1.29, 1.82) is 0 Å². The average molecular weight is 258 g/mol. The van der Waals surface area contributed by atoms with Crippen LogP contribution in [0.3, 0.4) is 0 Å². The van der Waals surface area contributed by atoms with E-state index in [1.54, 1.807) is 6.92 Å². The molecule has 5 heteroatoms. The summed E-state index contributed by atoms with van der Waals surface area (Å²) in [6, 6.07) is 0.0848. The molecule has 0 heterocycles. The predicted octanol–water partition coefficient (Wildman–Crippen LogP) is 1.38. The van der Waals surface area contributed by atoms with E-state index >= 15 is 0 Å². The number of aliphatic carboxylic acids is 1. The van der Waals surface area contributed by atoms with Crippen LogP contribution < -0.4 is 10.6 Å². The number of rotatable bonds is 8. The van der Waals surface area contributed by atoms with E-state index < -0.39 is 11.5 Å². The molecule has 0 aliphatic rings. The summed E-state index contributed by atoms with van der Waals surface area (Å²) in [6.07, 6.45) is 1.25. The molecule has 0 bridgehead atoms. The summed E-state index contributed by atoms with van der Waals surface area (Å²) in [5, 5.41) is 14.8. The molecule has 2 unspecified atom stereocenters. The molecule has 3 N–H and O–H groups in total. The van der Waals surface area contributed by atoms with E-state index in [4.69, 9.17) is 5.11 Å². The Morgan fingerprint density at radius 2 is 1.83 bits per heavy atom. The van der Waals surface area contributed by atoms with Crippen LogP contribution in [-0.4, -0.2) is 35.1 Å². The van der Waals surface area contributed by atoms with Gasteiger partial charge in [-0.25, -0.2) is 0 Å². The molecule has 0 saturated carbocycles. The number of carbonyl (C=O) groups is 2. The maximum Gasteiger partial charge on any atom is 0.323 e. The fourth-order valence-corrected chi connectivity index (χ4v) is 1.52. The van der Waals surface area contributed by atoms with E-state index in [1.807, 2.05) is 27.7 Å². The highest BCUT2D eigenvalue weighted by Gasteiger charge is 2.32. The highest BCUT2D eigenvalue weighted by atomic mass is 16.4. The lowest BCUT2D eigenvalue weighted by atomic mass is 9.96. The van der Waals surface area contributed by atoms with E-state index in [-0.39, 0.29) is 18.5 Å². The number of carboxylic acids is 1. The molecule has 18 heavy (non-hydrogen) atoms. The Balaban J connectivity index is 4.28. The minimum absolute atomic E-state index is 0.0276. The van der Waals surface area contributed by atoms with E-state index in [1.165, 1.54) is 0 Å². The Morgan fingerprint density at radius 1 is 1.28 bits per heavy atom. The largest absolute Gasteiger partial charge is 0.480 e. The lowest BCUT2D eigenvalue weighted by Crippen LogP contribution is -2.53. The molecule has 0 aliphatic heterocycles. The zero-order valence-corrected chi connectivity index (χ0v) is 12.0. The van der Waals surface area contributed by atoms with Crippen molar-refractivity contribution in [2.24, 2.45) is 5.92 Å². The lowest BCUT2D eigenvalue weighted by Gasteiger charge is -2.26. The van der Waals surface area contributed by atoms with Gasteiger partial charge in [0.25, 0.3) is 0 Å². The van der Waals surface area contributed by atoms with Gasteiger partial charge < -0.3 is 10.4 Å². The van der Waals surface area contributed by atoms with Crippen LogP contribution in [0.4, 0.5) is 0 Å². The summed E-state index contributed by atoms with van der Waals surface area (Å²) in [7, 11) is 0. The molecule has 0 rings (SSSR count). The van der Waals surface area contributed by atoms with Gasteiger partial charge in [0, 0.05) is 6.04 Å². The zero-order chi connectivity index (χ0) is 14.3. The topological polar surface area (TPSA) is 78.4 Å². The van der Waals surface area contributed by atoms with Gasteiger partial charge in [-0.15, -0.1) is 0 Å². The first kappa shape index (κ1) is 16.9. The Hall–Kier alpha value is -1.10. The number of nitrogens with one attached hydrogen (secondary N) is 2. The van der Waals surface area contributed by atoms with E-state index in [2.05, 4.69) is 10.6 Å². The minimum Gasteiger partial charge on any atom is -0.480 e. The molecule has 5 nitrogen and oxygen atoms in total. The molecule has 0 radical (unpaired) electrons. The minimum atomic E-state index is -1.03. The number of carboxylic acid groups (broad SMARTS) is 1. The van der Waals surface area contributed by atoms with Gasteiger partial charge in [0.05, 0.1) is 6.54 Å². The molecule has 1 amide bonds. The zero-order valence-electron chi connectivity index (χ0n) is 12.0. The molecule has 0 saturated heterocycles. The third-order valence-electron chi connectivity index (χ3n) is 3.25. The third kappa shape index (κ3) is 5.49. The molecule has 0 aliphatic carbocycles. The van der Waals surface area contributed by atoms with Gasteiger partial charge in [-0.05, 0) is 26.2 Å². The Bertz CT molecular complexity index is 292. The van der Waals surface area contributed by atoms with Gasteiger partial charge in [-0.2, -0.15) is 0 Å². The molecule has 2 atom stereocenters. The Morgan fingerprint density at radius 3 is 2.22 bits per heavy atom. The second-order valence-corrected chi connectivity index (χ2v) is 5.34. The number of hydrogen-bond donors (Lipinski definition) is 3. The van der Waals surface area contributed by atoms with Crippen molar-refractivity contribution in [3.63, 3.8) is 0 Å². The molecule has 0 spiro atoms. The summed E-state index contributed by atoms with van der Waals surface area (Å²) in [4.78, 5) is 22.8. The smallest absolute Gasteiger partial charge is 0.323 e. The molecule has 0 aromatic rings. The normalized spacial score (nSPS) is 16.1. The molecule has 0 fully saturated rings. The Kier molecular flexibility index (Phi) is 6.91. The van der Waals surface area contributed by atoms with Crippen LogP contribution in [0.5, 0.6) is 0 Å². The summed E-state index contributed by atoms with van der Waals surface area (Å²) in [6.45, 7) is 9.54. The van der Waals surface area contributed by atoms with Gasteiger partial charge in [0.1, 0.15) is 5.54 Å². The highest BCUT2D eigenvalue weighted by molar-refractivity contribution is 5.82. The van der Waals surface area contributed by atoms with Crippen molar-refractivity contribution in [1.82, 2.24) is 10.6 Å². The first-order valence-corrected chi connectivity index (χ1v) is 6.50. The van der Waals surface area contributed by atoms with Crippen molar-refractivity contribution in [3.8, 4) is 0 Å². The van der Waals surface area contributed by atoms with Crippen LogP contribution in [0.25, 0.3) is 0 Å². The van der Waals surface area contributed by atoms with Crippen molar-refractivity contribution < 1.29 is 14.7 Å². The second-order valence-electron chi connectivity index (χ2n) is 5.34. The standard InChI is InChI=1S/C13H26N2O3/c1-6-7-13(5,12(17)18)14-8-11(16)15-10(4)9(2)3/h9-10,14H,6-8H2,1-5H3,(H,15,16)(H,17,18). The first-order valence-electron chi connectivity index (χ1n) is 6.50. The predicted molar refractivity (Wildman–Crippen MR) is 71.4 cm³/mol. The van der Waals surface area contributed by atoms with Crippen molar-refractivity contribution >= 4 is 11.9 Å². The Labute approximate surface area is 109 Å². The van der Waals surface area contributed by atoms with Crippen LogP contribution in [0.15, 0.2) is 0 Å². The SMILES string of the molecule is CCCC(C)(NCC(=O)NC(C)C(C)C)C(=O)O. The molecule has 106 valence electrons. The quantitative estimate of drug-likeness (QED) is 0.614. The lowest BCUT2D eigenvalue weighted by molar-refractivity contribution is -0.144. The third-order valence-corrected chi connectivity index (χ3v) is 3.25. The van der Waals surface area contributed by atoms with Gasteiger partial charge in [-0.1, -0.05) is 27.2 Å². The maximum absolute atomic E-state index is 11.7. The van der Waals surface area contributed by atoms with E-state index in [0.29, 0.717) is 12.3 Å². The fourth-order valence-electron chi connectivity index (χ4n) is 1.52. The van der Waals surface area contributed by atoms with Crippen molar-refractivity contribution in [2.45, 2.75) is 59.0 Å². The van der Waals surface area contributed by atoms with Gasteiger partial charge in [-0.3, -0.25) is 14.9 Å². The average Bonchev–Trinajstić information content (AvgIpc) is 2.26. The number of hydrogen-bond acceptors (Lipinski definition) is 3. The van der Waals surface area contributed by atoms with Gasteiger partial charge in [0.15, 0.2) is 0 Å². The molecular formula is C13H26N2O3. The van der Waals surface area contributed by atoms with Crippen LogP contribution in [-0.2, 0) is 9.59 Å². The molecule has 0 aromatic heterocycles. The van der Waals surface area contributed by atoms with Crippen LogP contribution >= 0.6 is 0 Å². The summed E-state index contributed by atoms with van der Waals surface area (Å²) in [5.41, 5.74) is -1.03. The molecular weight excluding hydrogens is 232 g/mol. The molecule has 0 aromatic carbocycles. The van der Waals surface area contributed by atoms with Gasteiger partial charge in [0.2, 0.25) is 5.91 Å². The summed E-state index contributed by atoms with van der Waals surface area (Å²) >= 11 is 0. The van der Waals surface area contributed by atoms with Gasteiger partial charge >= 0.3 is 5.97 Å². The van der Waals surface area contributed by atoms with Crippen LogP contribution in [0.2, 0.25) is 0 Å². The highest BCUT2D eigenvalue weighted by Crippen LogP contribution is 2.12. The van der Waals surface area contributed by atoms with Crippen LogP contribution in [0, 0.1) is 5.92 Å². The van der Waals surface area contributed by atoms with E-state index in [0.717, 1.165) is 6.42 Å². The van der Waals surface area contributed by atoms with Crippen LogP contribution in [0.1, 0.15) is 47.5 Å². The van der Waals surface area contributed by atoms with Crippen molar-refractivity contribution in [3.05, 3.63) is 0 Å². The monoisotopic (exact) mass is 258 g/mol. The maximum atomic E-state index is 11.7. The second kappa shape index (κ2) is 7.36. The summed E-state index contributed by atoms with van der Waals surface area (Å²) < 4.78 is 0. The first-order chi connectivity index (χ1) is 8.23. The summed E-state index contributed by atoms with van der Waals surface area (Å²) in [5.74, 6) is -0.732.